The smallest absolute Gasteiger partial charge is 0.263 e. The number of nitrogens with zero attached hydrogens (tertiary/aromatic N) is 1. The number of nitrogen functional groups attached to an aromatic ring is 1. The van der Waals surface area contributed by atoms with Crippen LogP contribution in [-0.2, 0) is 4.79 Å². The Bertz CT molecular complexity index is 632. The van der Waals surface area contributed by atoms with Crippen LogP contribution in [0.15, 0.2) is 40.9 Å². The summed E-state index contributed by atoms with van der Waals surface area (Å²) in [6, 6.07) is 10.6. The molecule has 3 N–H and O–H groups in total. The molecule has 0 saturated heterocycles. The Hall–Kier alpha value is -2.08. The van der Waals surface area contributed by atoms with E-state index in [0.29, 0.717) is 17.3 Å². The lowest BCUT2D eigenvalue weighted by atomic mass is 10.3. The number of anilines is 2. The van der Waals surface area contributed by atoms with Crippen LogP contribution in [0.25, 0.3) is 0 Å². The molecule has 104 valence electrons. The lowest BCUT2D eigenvalue weighted by molar-refractivity contribution is -0.118. The van der Waals surface area contributed by atoms with E-state index in [9.17, 15) is 4.79 Å². The maximum atomic E-state index is 11.8. The van der Waals surface area contributed by atoms with Crippen molar-refractivity contribution in [2.75, 3.05) is 17.7 Å². The fourth-order valence-corrected chi connectivity index (χ4v) is 1.77. The van der Waals surface area contributed by atoms with E-state index in [0.717, 1.165) is 10.2 Å². The van der Waals surface area contributed by atoms with Gasteiger partial charge in [-0.1, -0.05) is 12.1 Å². The zero-order valence-corrected chi connectivity index (χ0v) is 12.5. The van der Waals surface area contributed by atoms with Crippen LogP contribution in [0, 0.1) is 6.92 Å². The number of para-hydroxylation sites is 2. The van der Waals surface area contributed by atoms with E-state index in [1.807, 2.05) is 13.0 Å². The maximum absolute atomic E-state index is 11.8. The summed E-state index contributed by atoms with van der Waals surface area (Å²) < 4.78 is 6.24. The number of carbonyl (C=O) groups is 1. The Kier molecular flexibility index (Phi) is 4.57. The average molecular weight is 336 g/mol. The van der Waals surface area contributed by atoms with Crippen LogP contribution in [0.3, 0.4) is 0 Å². The number of benzene rings is 1. The fraction of sp³-hybridized carbons (Fsp3) is 0.143. The van der Waals surface area contributed by atoms with E-state index in [2.05, 4.69) is 26.2 Å². The number of nitrogens with two attached hydrogens (primary N) is 1. The third kappa shape index (κ3) is 3.71. The summed E-state index contributed by atoms with van der Waals surface area (Å²) in [5.41, 5.74) is 7.02. The molecule has 0 aliphatic heterocycles. The van der Waals surface area contributed by atoms with E-state index in [1.54, 1.807) is 30.3 Å². The van der Waals surface area contributed by atoms with Crippen molar-refractivity contribution in [1.29, 1.82) is 0 Å². The monoisotopic (exact) mass is 335 g/mol. The number of aromatic nitrogens is 1. The van der Waals surface area contributed by atoms with Crippen molar-refractivity contribution in [1.82, 2.24) is 4.98 Å². The predicted octanol–water partition coefficient (Wildman–Crippen LogP) is 2.75. The van der Waals surface area contributed by atoms with Crippen molar-refractivity contribution in [3.63, 3.8) is 0 Å². The number of rotatable bonds is 4. The Labute approximate surface area is 125 Å². The summed E-state index contributed by atoms with van der Waals surface area (Å²) in [7, 11) is 0. The first-order valence-corrected chi connectivity index (χ1v) is 6.76. The summed E-state index contributed by atoms with van der Waals surface area (Å²) in [5.74, 6) is 0.686. The molecule has 0 spiro atoms. The third-order valence-corrected chi connectivity index (χ3v) is 3.40. The molecule has 0 saturated carbocycles. The number of pyridine rings is 1. The molecule has 0 bridgehead atoms. The highest BCUT2D eigenvalue weighted by Gasteiger charge is 2.07. The molecule has 2 rings (SSSR count). The number of carbonyl (C=O) groups excluding carboxylic acids is 1. The lowest BCUT2D eigenvalue weighted by Crippen LogP contribution is -2.21. The van der Waals surface area contributed by atoms with Gasteiger partial charge in [0.25, 0.3) is 5.91 Å². The molecule has 0 radical (unpaired) electrons. The van der Waals surface area contributed by atoms with E-state index < -0.39 is 0 Å². The molecule has 1 aromatic carbocycles. The molecule has 0 aliphatic rings. The summed E-state index contributed by atoms with van der Waals surface area (Å²) >= 11 is 3.35. The second kappa shape index (κ2) is 6.38. The van der Waals surface area contributed by atoms with Crippen molar-refractivity contribution in [2.24, 2.45) is 0 Å². The topological polar surface area (TPSA) is 77.2 Å². The Balaban J connectivity index is 1.93. The quantitative estimate of drug-likeness (QED) is 0.842. The van der Waals surface area contributed by atoms with Gasteiger partial charge in [-0.2, -0.15) is 0 Å². The molecule has 1 heterocycles. The van der Waals surface area contributed by atoms with E-state index >= 15 is 0 Å². The van der Waals surface area contributed by atoms with Gasteiger partial charge in [0.15, 0.2) is 6.61 Å². The molecule has 6 heteroatoms. The van der Waals surface area contributed by atoms with Gasteiger partial charge in [0.2, 0.25) is 0 Å². The van der Waals surface area contributed by atoms with Crippen molar-refractivity contribution < 1.29 is 9.53 Å². The van der Waals surface area contributed by atoms with Crippen LogP contribution in [0.2, 0.25) is 0 Å². The molecular weight excluding hydrogens is 322 g/mol. The first kappa shape index (κ1) is 14.3. The highest BCUT2D eigenvalue weighted by Crippen LogP contribution is 2.20. The number of hydrogen-bond donors (Lipinski definition) is 2. The SMILES string of the molecule is Cc1nc(NC(=O)COc2ccccc2N)ccc1Br. The van der Waals surface area contributed by atoms with Crippen LogP contribution in [-0.4, -0.2) is 17.5 Å². The average Bonchev–Trinajstić information content (AvgIpc) is 2.42. The van der Waals surface area contributed by atoms with Gasteiger partial charge in [0, 0.05) is 4.47 Å². The summed E-state index contributed by atoms with van der Waals surface area (Å²) in [4.78, 5) is 16.0. The van der Waals surface area contributed by atoms with Crippen LogP contribution in [0.5, 0.6) is 5.75 Å². The molecule has 0 fully saturated rings. The number of aryl methyl sites for hydroxylation is 1. The van der Waals surface area contributed by atoms with Gasteiger partial charge in [-0.3, -0.25) is 4.79 Å². The standard InChI is InChI=1S/C14H14BrN3O2/c1-9-10(15)6-7-13(17-9)18-14(19)8-20-12-5-3-2-4-11(12)16/h2-7H,8,16H2,1H3,(H,17,18,19). The molecule has 1 aromatic heterocycles. The van der Waals surface area contributed by atoms with Crippen molar-refractivity contribution in [2.45, 2.75) is 6.92 Å². The molecule has 0 atom stereocenters. The van der Waals surface area contributed by atoms with Crippen LogP contribution < -0.4 is 15.8 Å². The Morgan fingerprint density at radius 1 is 1.35 bits per heavy atom. The van der Waals surface area contributed by atoms with E-state index in [-0.39, 0.29) is 12.5 Å². The van der Waals surface area contributed by atoms with Gasteiger partial charge < -0.3 is 15.8 Å². The normalized spacial score (nSPS) is 10.1. The minimum atomic E-state index is -0.289. The molecule has 5 nitrogen and oxygen atoms in total. The van der Waals surface area contributed by atoms with Crippen LogP contribution in [0.1, 0.15) is 5.69 Å². The molecule has 0 unspecified atom stereocenters. The summed E-state index contributed by atoms with van der Waals surface area (Å²) in [6.07, 6.45) is 0. The number of hydrogen-bond acceptors (Lipinski definition) is 4. The molecule has 0 aliphatic carbocycles. The largest absolute Gasteiger partial charge is 0.482 e. The van der Waals surface area contributed by atoms with Gasteiger partial charge in [0.05, 0.1) is 11.4 Å². The second-order valence-corrected chi connectivity index (χ2v) is 4.99. The first-order chi connectivity index (χ1) is 9.56. The summed E-state index contributed by atoms with van der Waals surface area (Å²) in [5, 5.41) is 2.66. The van der Waals surface area contributed by atoms with Crippen molar-refractivity contribution in [3.05, 3.63) is 46.6 Å². The van der Waals surface area contributed by atoms with Crippen LogP contribution in [0.4, 0.5) is 11.5 Å². The molecular formula is C14H14BrN3O2. The number of halogens is 1. The molecule has 20 heavy (non-hydrogen) atoms. The van der Waals surface area contributed by atoms with E-state index in [1.165, 1.54) is 0 Å². The van der Waals surface area contributed by atoms with Crippen molar-refractivity contribution >= 4 is 33.3 Å². The van der Waals surface area contributed by atoms with Gasteiger partial charge in [-0.25, -0.2) is 4.98 Å². The highest BCUT2D eigenvalue weighted by atomic mass is 79.9. The van der Waals surface area contributed by atoms with Gasteiger partial charge in [-0.15, -0.1) is 0 Å². The Morgan fingerprint density at radius 2 is 2.10 bits per heavy atom. The second-order valence-electron chi connectivity index (χ2n) is 4.14. The van der Waals surface area contributed by atoms with Gasteiger partial charge in [0.1, 0.15) is 11.6 Å². The highest BCUT2D eigenvalue weighted by molar-refractivity contribution is 9.10. The zero-order valence-electron chi connectivity index (χ0n) is 10.9. The van der Waals surface area contributed by atoms with Crippen LogP contribution >= 0.6 is 15.9 Å². The predicted molar refractivity (Wildman–Crippen MR) is 81.7 cm³/mol. The minimum absolute atomic E-state index is 0.120. The molecule has 1 amide bonds. The summed E-state index contributed by atoms with van der Waals surface area (Å²) in [6.45, 7) is 1.73. The molecule has 2 aromatic rings. The van der Waals surface area contributed by atoms with Crippen molar-refractivity contribution in [3.8, 4) is 5.75 Å². The van der Waals surface area contributed by atoms with E-state index in [4.69, 9.17) is 10.5 Å². The lowest BCUT2D eigenvalue weighted by Gasteiger charge is -2.09. The number of ether oxygens (including phenoxy) is 1. The zero-order chi connectivity index (χ0) is 14.5. The Morgan fingerprint density at radius 3 is 2.80 bits per heavy atom. The third-order valence-electron chi connectivity index (χ3n) is 2.57. The maximum Gasteiger partial charge on any atom is 0.263 e. The minimum Gasteiger partial charge on any atom is -0.482 e. The van der Waals surface area contributed by atoms with Gasteiger partial charge in [-0.05, 0) is 47.1 Å². The van der Waals surface area contributed by atoms with Gasteiger partial charge >= 0.3 is 0 Å². The first-order valence-electron chi connectivity index (χ1n) is 5.96. The number of nitrogens with one attached hydrogen (secondary N) is 1. The fourth-order valence-electron chi connectivity index (χ4n) is 1.55. The number of amides is 1.